The molecule has 8 heteroatoms. The first-order valence-corrected chi connectivity index (χ1v) is 13.0. The van der Waals surface area contributed by atoms with E-state index in [1.54, 1.807) is 19.1 Å². The lowest BCUT2D eigenvalue weighted by Gasteiger charge is -2.61. The quantitative estimate of drug-likeness (QED) is 0.528. The van der Waals surface area contributed by atoms with E-state index in [2.05, 4.69) is 13.8 Å². The normalized spacial score (nSPS) is 41.0. The van der Waals surface area contributed by atoms with Crippen molar-refractivity contribution >= 4 is 23.5 Å². The maximum absolute atomic E-state index is 13.7. The number of carbonyl (C=O) groups is 4. The van der Waals surface area contributed by atoms with Crippen molar-refractivity contribution in [2.75, 3.05) is 20.3 Å². The average Bonchev–Trinajstić information content (AvgIpc) is 3.11. The Hall–Kier alpha value is -2.32. The van der Waals surface area contributed by atoms with Crippen molar-refractivity contribution in [3.05, 3.63) is 23.8 Å². The largest absolute Gasteiger partial charge is 0.456 e. The highest BCUT2D eigenvalue weighted by Crippen LogP contribution is 2.68. The van der Waals surface area contributed by atoms with Gasteiger partial charge in [-0.2, -0.15) is 0 Å². The molecule has 0 aliphatic heterocycles. The summed E-state index contributed by atoms with van der Waals surface area (Å²) in [6.07, 6.45) is 6.63. The fourth-order valence-corrected chi connectivity index (χ4v) is 8.11. The van der Waals surface area contributed by atoms with Crippen molar-refractivity contribution in [1.82, 2.24) is 0 Å². The molecule has 1 N–H and O–H groups in total. The lowest BCUT2D eigenvalue weighted by atomic mass is 9.44. The summed E-state index contributed by atoms with van der Waals surface area (Å²) in [5.74, 6) is -1.54. The minimum atomic E-state index is -1.48. The first-order chi connectivity index (χ1) is 16.9. The summed E-state index contributed by atoms with van der Waals surface area (Å²) in [7, 11) is 1.36. The zero-order valence-corrected chi connectivity index (χ0v) is 21.9. The maximum Gasteiger partial charge on any atom is 0.332 e. The second-order valence-corrected chi connectivity index (χ2v) is 11.5. The third-order valence-electron chi connectivity index (χ3n) is 9.59. The molecule has 198 valence electrons. The number of ether oxygens (including phenoxy) is 3. The molecule has 0 aromatic carbocycles. The van der Waals surface area contributed by atoms with Gasteiger partial charge < -0.3 is 19.3 Å². The Bertz CT molecular complexity index is 1010. The van der Waals surface area contributed by atoms with Crippen LogP contribution in [0.15, 0.2) is 23.8 Å². The zero-order chi connectivity index (χ0) is 26.5. The second kappa shape index (κ2) is 9.53. The van der Waals surface area contributed by atoms with Gasteiger partial charge in [0.05, 0.1) is 6.10 Å². The van der Waals surface area contributed by atoms with E-state index in [0.29, 0.717) is 12.8 Å². The van der Waals surface area contributed by atoms with Crippen LogP contribution in [-0.4, -0.2) is 60.6 Å². The van der Waals surface area contributed by atoms with Crippen LogP contribution in [0.2, 0.25) is 0 Å². The van der Waals surface area contributed by atoms with E-state index < -0.39 is 46.9 Å². The van der Waals surface area contributed by atoms with Gasteiger partial charge >= 0.3 is 11.9 Å². The van der Waals surface area contributed by atoms with Gasteiger partial charge in [0.2, 0.25) is 5.78 Å². The van der Waals surface area contributed by atoms with E-state index in [4.69, 9.17) is 14.2 Å². The number of fused-ring (bicyclic) bond motifs is 5. The average molecular weight is 503 g/mol. The number of hydrogen-bond acceptors (Lipinski definition) is 8. The van der Waals surface area contributed by atoms with Crippen molar-refractivity contribution in [2.45, 2.75) is 71.5 Å². The number of methoxy groups -OCH3 is 1. The van der Waals surface area contributed by atoms with Crippen molar-refractivity contribution in [2.24, 2.45) is 34.5 Å². The van der Waals surface area contributed by atoms with Crippen molar-refractivity contribution in [3.8, 4) is 0 Å². The monoisotopic (exact) mass is 502 g/mol. The van der Waals surface area contributed by atoms with Gasteiger partial charge in [-0.1, -0.05) is 39.3 Å². The van der Waals surface area contributed by atoms with Gasteiger partial charge in [0, 0.05) is 30.3 Å². The molecule has 8 atom stereocenters. The number of carbonyl (C=O) groups excluding carboxylic acids is 4. The van der Waals surface area contributed by atoms with E-state index in [-0.39, 0.29) is 48.9 Å². The minimum absolute atomic E-state index is 0.0148. The number of aliphatic hydroxyl groups excluding tert-OH is 1. The molecule has 4 aliphatic carbocycles. The number of rotatable bonds is 7. The molecule has 0 aromatic rings. The number of allylic oxidation sites excluding steroid dienone is 4. The molecule has 0 amide bonds. The number of esters is 2. The van der Waals surface area contributed by atoms with Gasteiger partial charge in [0.1, 0.15) is 6.61 Å². The predicted molar refractivity (Wildman–Crippen MR) is 130 cm³/mol. The standard InChI is InChI=1S/C28H38O8/c1-6-23(32)36-28(22(31)14-35-24(33)15-34-5)10-8-19-18-11-16(2)20-12-17(29)7-9-26(20,3)25(18)21(30)13-27(19,28)4/h7,9,12,16,18-19,21,25,30H,6,8,10-11,13-15H2,1-5H3/t16-,18-,19-,21-,25+,26-,27-,28-/m0/s1. The van der Waals surface area contributed by atoms with E-state index in [1.165, 1.54) is 7.11 Å². The summed E-state index contributed by atoms with van der Waals surface area (Å²) in [6.45, 7) is 7.04. The van der Waals surface area contributed by atoms with Crippen LogP contribution < -0.4 is 0 Å². The Balaban J connectivity index is 1.71. The summed E-state index contributed by atoms with van der Waals surface area (Å²) in [4.78, 5) is 50.4. The molecule has 3 saturated carbocycles. The van der Waals surface area contributed by atoms with Crippen LogP contribution in [0.4, 0.5) is 0 Å². The molecule has 36 heavy (non-hydrogen) atoms. The Kier molecular flexibility index (Phi) is 7.07. The number of Topliss-reactive ketones (excluding diaryl/α,β-unsaturated/α-hetero) is 1. The van der Waals surface area contributed by atoms with Crippen LogP contribution in [0.3, 0.4) is 0 Å². The van der Waals surface area contributed by atoms with E-state index >= 15 is 0 Å². The van der Waals surface area contributed by atoms with Crippen molar-refractivity contribution in [1.29, 1.82) is 0 Å². The lowest BCUT2D eigenvalue weighted by Crippen LogP contribution is -2.63. The van der Waals surface area contributed by atoms with Gasteiger partial charge in [0.15, 0.2) is 18.0 Å². The van der Waals surface area contributed by atoms with Gasteiger partial charge in [-0.05, 0) is 55.6 Å². The van der Waals surface area contributed by atoms with Crippen molar-refractivity contribution < 1.29 is 38.5 Å². The van der Waals surface area contributed by atoms with Crippen LogP contribution in [0.5, 0.6) is 0 Å². The molecule has 0 bridgehead atoms. The summed E-state index contributed by atoms with van der Waals surface area (Å²) in [6, 6.07) is 0. The first-order valence-electron chi connectivity index (χ1n) is 13.0. The molecule has 8 nitrogen and oxygen atoms in total. The second-order valence-electron chi connectivity index (χ2n) is 11.5. The number of ketones is 2. The van der Waals surface area contributed by atoms with E-state index in [9.17, 15) is 24.3 Å². The predicted octanol–water partition coefficient (Wildman–Crippen LogP) is 2.96. The smallest absolute Gasteiger partial charge is 0.332 e. The Labute approximate surface area is 212 Å². The molecule has 0 saturated heterocycles. The van der Waals surface area contributed by atoms with Crippen molar-refractivity contribution in [3.63, 3.8) is 0 Å². The molecule has 0 heterocycles. The highest BCUT2D eigenvalue weighted by Gasteiger charge is 2.70. The molecule has 4 aliphatic rings. The summed E-state index contributed by atoms with van der Waals surface area (Å²) < 4.78 is 15.9. The van der Waals surface area contributed by atoms with Crippen LogP contribution in [0.1, 0.15) is 59.8 Å². The number of aliphatic hydroxyl groups is 1. The Morgan fingerprint density at radius 1 is 1.17 bits per heavy atom. The summed E-state index contributed by atoms with van der Waals surface area (Å²) >= 11 is 0. The highest BCUT2D eigenvalue weighted by molar-refractivity contribution is 6.01. The number of hydrogen-bond donors (Lipinski definition) is 1. The molecule has 0 aromatic heterocycles. The fourth-order valence-electron chi connectivity index (χ4n) is 8.11. The molecule has 0 spiro atoms. The van der Waals surface area contributed by atoms with Gasteiger partial charge in [-0.25, -0.2) is 4.79 Å². The Morgan fingerprint density at radius 3 is 2.56 bits per heavy atom. The molecular weight excluding hydrogens is 464 g/mol. The summed E-state index contributed by atoms with van der Waals surface area (Å²) in [5.41, 5.74) is -1.71. The summed E-state index contributed by atoms with van der Waals surface area (Å²) in [5, 5.41) is 11.7. The Morgan fingerprint density at radius 2 is 1.89 bits per heavy atom. The molecular formula is C28H38O8. The topological polar surface area (TPSA) is 116 Å². The SMILES string of the molecule is CCC(=O)O[C@]1(C(=O)COC(=O)COC)CC[C@H]2[C@@H]3C[C@H](C)C4=CC(=O)C=C[C@]4(C)[C@H]3[C@@H](O)C[C@@]21C. The highest BCUT2D eigenvalue weighted by atomic mass is 16.6. The van der Waals surface area contributed by atoms with E-state index in [0.717, 1.165) is 12.0 Å². The minimum Gasteiger partial charge on any atom is -0.456 e. The lowest BCUT2D eigenvalue weighted by molar-refractivity contribution is -0.202. The molecule has 0 radical (unpaired) electrons. The fraction of sp³-hybridized carbons (Fsp3) is 0.714. The zero-order valence-electron chi connectivity index (χ0n) is 21.9. The van der Waals surface area contributed by atoms with Crippen LogP contribution in [-0.2, 0) is 33.4 Å². The third-order valence-corrected chi connectivity index (χ3v) is 9.59. The van der Waals surface area contributed by atoms with Crippen LogP contribution >= 0.6 is 0 Å². The maximum atomic E-state index is 13.7. The molecule has 0 unspecified atom stereocenters. The molecule has 3 fully saturated rings. The first kappa shape index (κ1) is 26.7. The van der Waals surface area contributed by atoms with Gasteiger partial charge in [-0.15, -0.1) is 0 Å². The molecule has 4 rings (SSSR count). The van der Waals surface area contributed by atoms with Crippen LogP contribution in [0, 0.1) is 34.5 Å². The van der Waals surface area contributed by atoms with Gasteiger partial charge in [-0.3, -0.25) is 14.4 Å². The third kappa shape index (κ3) is 3.97. The van der Waals surface area contributed by atoms with Crippen LogP contribution in [0.25, 0.3) is 0 Å². The van der Waals surface area contributed by atoms with Gasteiger partial charge in [0.25, 0.3) is 0 Å². The van der Waals surface area contributed by atoms with E-state index in [1.807, 2.05) is 13.0 Å².